The summed E-state index contributed by atoms with van der Waals surface area (Å²) in [4.78, 5) is 29.6. The van der Waals surface area contributed by atoms with Crippen LogP contribution in [-0.2, 0) is 9.59 Å². The van der Waals surface area contributed by atoms with Gasteiger partial charge in [-0.3, -0.25) is 14.5 Å². The van der Waals surface area contributed by atoms with Gasteiger partial charge in [-0.1, -0.05) is 18.2 Å². The Bertz CT molecular complexity index is 1240. The largest absolute Gasteiger partial charge is 0.507 e. The molecule has 2 aliphatic heterocycles. The molecule has 0 bridgehead atoms. The molecule has 1 aromatic heterocycles. The van der Waals surface area contributed by atoms with Crippen LogP contribution in [0.3, 0.4) is 0 Å². The zero-order valence-electron chi connectivity index (χ0n) is 17.7. The number of rotatable bonds is 3. The van der Waals surface area contributed by atoms with E-state index in [1.165, 1.54) is 4.90 Å². The van der Waals surface area contributed by atoms with E-state index in [9.17, 15) is 14.7 Å². The SMILES string of the molecule is Cc1ccc(C2/C(=C(/O)c3ccc4c(c3)N(C)CCO4)C(=O)C(=O)N2c2ccccc2)o1. The summed E-state index contributed by atoms with van der Waals surface area (Å²) in [5, 5.41) is 11.3. The standard InChI is InChI=1S/C25H22N2O5/c1-15-8-10-20(32-15)22-21(24(29)25(30)27(22)17-6-4-3-5-7-17)23(28)16-9-11-19-18(14-16)26(2)12-13-31-19/h3-11,14,22,28H,12-13H2,1-2H3/b23-21-. The Morgan fingerprint density at radius 2 is 1.84 bits per heavy atom. The second-order valence-electron chi connectivity index (χ2n) is 7.91. The van der Waals surface area contributed by atoms with Crippen molar-refractivity contribution >= 4 is 28.8 Å². The van der Waals surface area contributed by atoms with E-state index in [1.54, 1.807) is 61.5 Å². The molecule has 3 heterocycles. The van der Waals surface area contributed by atoms with Crippen LogP contribution >= 0.6 is 0 Å². The normalized spacial score (nSPS) is 19.8. The minimum Gasteiger partial charge on any atom is -0.507 e. The predicted octanol–water partition coefficient (Wildman–Crippen LogP) is 4.04. The van der Waals surface area contributed by atoms with Crippen LogP contribution in [0.25, 0.3) is 5.76 Å². The summed E-state index contributed by atoms with van der Waals surface area (Å²) in [6.45, 7) is 3.08. The van der Waals surface area contributed by atoms with E-state index in [2.05, 4.69) is 0 Å². The van der Waals surface area contributed by atoms with Crippen molar-refractivity contribution in [3.05, 3.63) is 83.3 Å². The summed E-state index contributed by atoms with van der Waals surface area (Å²) >= 11 is 0. The van der Waals surface area contributed by atoms with Crippen LogP contribution in [0, 0.1) is 6.92 Å². The number of benzene rings is 2. The molecule has 0 spiro atoms. The number of nitrogens with zero attached hydrogens (tertiary/aromatic N) is 2. The first-order valence-corrected chi connectivity index (χ1v) is 10.4. The van der Waals surface area contributed by atoms with Crippen molar-refractivity contribution in [2.45, 2.75) is 13.0 Å². The lowest BCUT2D eigenvalue weighted by Gasteiger charge is -2.28. The van der Waals surface area contributed by atoms with E-state index in [0.29, 0.717) is 41.7 Å². The van der Waals surface area contributed by atoms with Crippen molar-refractivity contribution in [3.8, 4) is 5.75 Å². The van der Waals surface area contributed by atoms with Gasteiger partial charge in [0.15, 0.2) is 0 Å². The number of Topliss-reactive ketones (excluding diaryl/α,β-unsaturated/α-hetero) is 1. The van der Waals surface area contributed by atoms with Gasteiger partial charge in [-0.05, 0) is 49.4 Å². The summed E-state index contributed by atoms with van der Waals surface area (Å²) in [6, 6.07) is 16.7. The van der Waals surface area contributed by atoms with Gasteiger partial charge in [-0.15, -0.1) is 0 Å². The average Bonchev–Trinajstić information content (AvgIpc) is 3.35. The number of hydrogen-bond acceptors (Lipinski definition) is 6. The fraction of sp³-hybridized carbons (Fsp3) is 0.200. The fourth-order valence-corrected chi connectivity index (χ4v) is 4.21. The fourth-order valence-electron chi connectivity index (χ4n) is 4.21. The average molecular weight is 430 g/mol. The molecule has 0 radical (unpaired) electrons. The number of anilines is 2. The number of aryl methyl sites for hydroxylation is 1. The maximum Gasteiger partial charge on any atom is 0.300 e. The summed E-state index contributed by atoms with van der Waals surface area (Å²) in [5.41, 5.74) is 1.78. The molecule has 0 aliphatic carbocycles. The summed E-state index contributed by atoms with van der Waals surface area (Å²) < 4.78 is 11.5. The molecule has 1 unspecified atom stereocenters. The second-order valence-corrected chi connectivity index (χ2v) is 7.91. The Morgan fingerprint density at radius 3 is 2.56 bits per heavy atom. The van der Waals surface area contributed by atoms with Crippen LogP contribution < -0.4 is 14.5 Å². The first-order chi connectivity index (χ1) is 15.5. The zero-order valence-corrected chi connectivity index (χ0v) is 17.7. The number of carbonyl (C=O) groups excluding carboxylic acids is 2. The Balaban J connectivity index is 1.69. The van der Waals surface area contributed by atoms with Gasteiger partial charge in [0.1, 0.15) is 35.7 Å². The number of furan rings is 1. The number of amides is 1. The lowest BCUT2D eigenvalue weighted by molar-refractivity contribution is -0.132. The lowest BCUT2D eigenvalue weighted by atomic mass is 9.98. The van der Waals surface area contributed by atoms with Gasteiger partial charge in [0, 0.05) is 18.3 Å². The number of ketones is 1. The first-order valence-electron chi connectivity index (χ1n) is 10.4. The molecule has 2 aliphatic rings. The van der Waals surface area contributed by atoms with E-state index in [4.69, 9.17) is 9.15 Å². The van der Waals surface area contributed by atoms with Crippen molar-refractivity contribution in [2.75, 3.05) is 30.0 Å². The van der Waals surface area contributed by atoms with Crippen LogP contribution in [-0.4, -0.2) is 37.0 Å². The van der Waals surface area contributed by atoms with Crippen LogP contribution in [0.15, 0.2) is 70.7 Å². The molecule has 162 valence electrons. The second kappa shape index (κ2) is 7.60. The van der Waals surface area contributed by atoms with E-state index in [0.717, 1.165) is 5.69 Å². The number of aliphatic hydroxyl groups excluding tert-OH is 1. The van der Waals surface area contributed by atoms with Gasteiger partial charge in [-0.2, -0.15) is 0 Å². The van der Waals surface area contributed by atoms with Crippen molar-refractivity contribution in [2.24, 2.45) is 0 Å². The molecule has 32 heavy (non-hydrogen) atoms. The molecular formula is C25H22N2O5. The van der Waals surface area contributed by atoms with Crippen LogP contribution in [0.2, 0.25) is 0 Å². The summed E-state index contributed by atoms with van der Waals surface area (Å²) in [7, 11) is 1.94. The van der Waals surface area contributed by atoms with Gasteiger partial charge >= 0.3 is 0 Å². The Morgan fingerprint density at radius 1 is 1.06 bits per heavy atom. The summed E-state index contributed by atoms with van der Waals surface area (Å²) in [6.07, 6.45) is 0. The number of ether oxygens (including phenoxy) is 1. The lowest BCUT2D eigenvalue weighted by Crippen LogP contribution is -2.29. The molecule has 7 nitrogen and oxygen atoms in total. The van der Waals surface area contributed by atoms with Gasteiger partial charge in [0.05, 0.1) is 17.8 Å². The van der Waals surface area contributed by atoms with E-state index in [1.807, 2.05) is 18.0 Å². The highest BCUT2D eigenvalue weighted by atomic mass is 16.5. The molecule has 5 rings (SSSR count). The molecule has 0 saturated carbocycles. The maximum absolute atomic E-state index is 13.2. The maximum atomic E-state index is 13.2. The number of aliphatic hydroxyl groups is 1. The third-order valence-electron chi connectivity index (χ3n) is 5.84. The van der Waals surface area contributed by atoms with E-state index < -0.39 is 17.7 Å². The van der Waals surface area contributed by atoms with Crippen molar-refractivity contribution in [1.29, 1.82) is 0 Å². The number of fused-ring (bicyclic) bond motifs is 1. The highest BCUT2D eigenvalue weighted by Crippen LogP contribution is 2.43. The predicted molar refractivity (Wildman–Crippen MR) is 120 cm³/mol. The zero-order chi connectivity index (χ0) is 22.4. The van der Waals surface area contributed by atoms with E-state index in [-0.39, 0.29) is 11.3 Å². The van der Waals surface area contributed by atoms with Crippen molar-refractivity contribution in [3.63, 3.8) is 0 Å². The van der Waals surface area contributed by atoms with Crippen molar-refractivity contribution < 1.29 is 23.8 Å². The van der Waals surface area contributed by atoms with E-state index >= 15 is 0 Å². The highest BCUT2D eigenvalue weighted by Gasteiger charge is 2.48. The van der Waals surface area contributed by atoms with Crippen molar-refractivity contribution in [1.82, 2.24) is 0 Å². The topological polar surface area (TPSA) is 83.2 Å². The number of carbonyl (C=O) groups is 2. The smallest absolute Gasteiger partial charge is 0.300 e. The van der Waals surface area contributed by atoms with Gasteiger partial charge in [0.25, 0.3) is 11.7 Å². The Hall–Kier alpha value is -4.00. The molecule has 1 N–H and O–H groups in total. The minimum atomic E-state index is -0.879. The minimum absolute atomic E-state index is 0.00691. The third kappa shape index (κ3) is 3.13. The molecule has 1 amide bonds. The molecule has 1 saturated heterocycles. The molecule has 3 aromatic rings. The van der Waals surface area contributed by atoms with Crippen LogP contribution in [0.4, 0.5) is 11.4 Å². The molecule has 1 fully saturated rings. The molecule has 7 heteroatoms. The third-order valence-corrected chi connectivity index (χ3v) is 5.84. The number of likely N-dealkylation sites (N-methyl/N-ethyl adjacent to an activating group) is 1. The quantitative estimate of drug-likeness (QED) is 0.384. The van der Waals surface area contributed by atoms with Crippen LogP contribution in [0.5, 0.6) is 5.75 Å². The Labute approximate surface area is 185 Å². The highest BCUT2D eigenvalue weighted by molar-refractivity contribution is 6.51. The van der Waals surface area contributed by atoms with Gasteiger partial charge in [0.2, 0.25) is 0 Å². The molecule has 2 aromatic carbocycles. The summed E-state index contributed by atoms with van der Waals surface area (Å²) in [5.74, 6) is 0.0421. The number of para-hydroxylation sites is 1. The molecular weight excluding hydrogens is 408 g/mol. The first kappa shape index (κ1) is 19.9. The Kier molecular flexibility index (Phi) is 4.74. The monoisotopic (exact) mass is 430 g/mol. The van der Waals surface area contributed by atoms with Crippen LogP contribution in [0.1, 0.15) is 23.1 Å². The van der Waals surface area contributed by atoms with Gasteiger partial charge < -0.3 is 19.2 Å². The molecule has 1 atom stereocenters. The van der Waals surface area contributed by atoms with Gasteiger partial charge in [-0.25, -0.2) is 0 Å². The number of hydrogen-bond donors (Lipinski definition) is 1.